The lowest BCUT2D eigenvalue weighted by molar-refractivity contribution is 0.0567. The molecule has 1 amide bonds. The highest BCUT2D eigenvalue weighted by molar-refractivity contribution is 6.05. The van der Waals surface area contributed by atoms with Gasteiger partial charge >= 0.3 is 0 Å². The number of aromatic amines is 1. The summed E-state index contributed by atoms with van der Waals surface area (Å²) in [5.41, 5.74) is 7.82. The Bertz CT molecular complexity index is 694. The van der Waals surface area contributed by atoms with E-state index in [9.17, 15) is 4.79 Å². The van der Waals surface area contributed by atoms with Crippen LogP contribution in [0.25, 0.3) is 10.9 Å². The van der Waals surface area contributed by atoms with Crippen LogP contribution in [0.15, 0.2) is 18.2 Å². The quantitative estimate of drug-likeness (QED) is 0.768. The zero-order chi connectivity index (χ0) is 14.4. The number of nitrogens with zero attached hydrogens (tertiary/aromatic N) is 3. The van der Waals surface area contributed by atoms with Crippen LogP contribution in [0.5, 0.6) is 0 Å². The van der Waals surface area contributed by atoms with Gasteiger partial charge in [0.05, 0.1) is 5.52 Å². The Morgan fingerprint density at radius 1 is 1.33 bits per heavy atom. The number of H-pyrrole nitrogens is 1. The van der Waals surface area contributed by atoms with Crippen molar-refractivity contribution < 1.29 is 4.79 Å². The molecule has 0 spiro atoms. The summed E-state index contributed by atoms with van der Waals surface area (Å²) < 4.78 is 0. The molecule has 6 nitrogen and oxygen atoms in total. The number of anilines is 1. The summed E-state index contributed by atoms with van der Waals surface area (Å²) in [6.45, 7) is 3.75. The summed E-state index contributed by atoms with van der Waals surface area (Å²) in [7, 11) is 0. The summed E-state index contributed by atoms with van der Waals surface area (Å²) in [4.78, 5) is 17.2. The number of aromatic nitrogens is 2. The van der Waals surface area contributed by atoms with Crippen molar-refractivity contribution in [3.05, 3.63) is 23.9 Å². The fourth-order valence-electron chi connectivity index (χ4n) is 3.52. The first-order chi connectivity index (χ1) is 10.2. The van der Waals surface area contributed by atoms with Gasteiger partial charge in [0, 0.05) is 36.7 Å². The SMILES string of the molecule is Nc1ccc2[nH]nc(C(=O)N3CCN4CCCC4C3)c2c1. The molecule has 4 rings (SSSR count). The number of piperazine rings is 1. The Hall–Kier alpha value is -2.08. The monoisotopic (exact) mass is 285 g/mol. The molecule has 1 aromatic heterocycles. The first kappa shape index (κ1) is 12.6. The van der Waals surface area contributed by atoms with Gasteiger partial charge in [0.25, 0.3) is 5.91 Å². The van der Waals surface area contributed by atoms with Gasteiger partial charge in [0.15, 0.2) is 5.69 Å². The number of benzene rings is 1. The molecule has 3 N–H and O–H groups in total. The van der Waals surface area contributed by atoms with Crippen LogP contribution in [0, 0.1) is 0 Å². The van der Waals surface area contributed by atoms with Gasteiger partial charge in [-0.05, 0) is 37.6 Å². The lowest BCUT2D eigenvalue weighted by Gasteiger charge is -2.37. The molecule has 6 heteroatoms. The van der Waals surface area contributed by atoms with Gasteiger partial charge in [-0.3, -0.25) is 14.8 Å². The van der Waals surface area contributed by atoms with Gasteiger partial charge < -0.3 is 10.6 Å². The van der Waals surface area contributed by atoms with Crippen molar-refractivity contribution >= 4 is 22.5 Å². The molecular formula is C15H19N5O. The highest BCUT2D eigenvalue weighted by Crippen LogP contribution is 2.24. The second kappa shape index (κ2) is 4.73. The van der Waals surface area contributed by atoms with E-state index in [4.69, 9.17) is 5.73 Å². The van der Waals surface area contributed by atoms with E-state index >= 15 is 0 Å². The van der Waals surface area contributed by atoms with E-state index in [1.54, 1.807) is 0 Å². The standard InChI is InChI=1S/C15H19N5O/c16-10-3-4-13-12(8-10)14(18-17-13)15(21)20-7-6-19-5-1-2-11(19)9-20/h3-4,8,11H,1-2,5-7,9,16H2,(H,17,18). The van der Waals surface area contributed by atoms with E-state index in [0.717, 1.165) is 30.5 Å². The maximum Gasteiger partial charge on any atom is 0.275 e. The fourth-order valence-corrected chi connectivity index (χ4v) is 3.52. The molecule has 1 unspecified atom stereocenters. The normalized spacial score (nSPS) is 22.7. The van der Waals surface area contributed by atoms with Crippen molar-refractivity contribution in [1.82, 2.24) is 20.0 Å². The van der Waals surface area contributed by atoms with E-state index in [-0.39, 0.29) is 5.91 Å². The van der Waals surface area contributed by atoms with Crippen molar-refractivity contribution in [1.29, 1.82) is 0 Å². The van der Waals surface area contributed by atoms with Gasteiger partial charge in [-0.15, -0.1) is 0 Å². The maximum atomic E-state index is 12.8. The number of carbonyl (C=O) groups excluding carboxylic acids is 1. The van der Waals surface area contributed by atoms with E-state index in [1.165, 1.54) is 19.4 Å². The van der Waals surface area contributed by atoms with Crippen LogP contribution in [0.4, 0.5) is 5.69 Å². The minimum atomic E-state index is 0.0124. The summed E-state index contributed by atoms with van der Waals surface area (Å²) >= 11 is 0. The van der Waals surface area contributed by atoms with Crippen molar-refractivity contribution in [3.8, 4) is 0 Å². The molecule has 2 aromatic rings. The highest BCUT2D eigenvalue weighted by Gasteiger charge is 2.33. The predicted molar refractivity (Wildman–Crippen MR) is 81.0 cm³/mol. The van der Waals surface area contributed by atoms with Crippen LogP contribution in [0.3, 0.4) is 0 Å². The summed E-state index contributed by atoms with van der Waals surface area (Å²) in [5, 5.41) is 7.94. The van der Waals surface area contributed by atoms with Crippen molar-refractivity contribution in [2.24, 2.45) is 0 Å². The molecule has 1 atom stereocenters. The van der Waals surface area contributed by atoms with Crippen LogP contribution >= 0.6 is 0 Å². The highest BCUT2D eigenvalue weighted by atomic mass is 16.2. The first-order valence-corrected chi connectivity index (χ1v) is 7.49. The van der Waals surface area contributed by atoms with Crippen LogP contribution in [-0.2, 0) is 0 Å². The Kier molecular flexibility index (Phi) is 2.85. The van der Waals surface area contributed by atoms with Crippen LogP contribution in [0.2, 0.25) is 0 Å². The summed E-state index contributed by atoms with van der Waals surface area (Å²) in [5.74, 6) is 0.0124. The summed E-state index contributed by atoms with van der Waals surface area (Å²) in [6.07, 6.45) is 2.44. The smallest absolute Gasteiger partial charge is 0.275 e. The molecule has 21 heavy (non-hydrogen) atoms. The van der Waals surface area contributed by atoms with Gasteiger partial charge in [-0.1, -0.05) is 0 Å². The Morgan fingerprint density at radius 2 is 2.24 bits per heavy atom. The molecule has 110 valence electrons. The predicted octanol–water partition coefficient (Wildman–Crippen LogP) is 1.07. The number of fused-ring (bicyclic) bond motifs is 2. The third-order valence-electron chi connectivity index (χ3n) is 4.66. The van der Waals surface area contributed by atoms with Crippen LogP contribution < -0.4 is 5.73 Å². The molecule has 0 aliphatic carbocycles. The van der Waals surface area contributed by atoms with Crippen molar-refractivity contribution in [3.63, 3.8) is 0 Å². The lowest BCUT2D eigenvalue weighted by atomic mass is 10.1. The van der Waals surface area contributed by atoms with Crippen LogP contribution in [0.1, 0.15) is 23.3 Å². The minimum absolute atomic E-state index is 0.0124. The lowest BCUT2D eigenvalue weighted by Crippen LogP contribution is -2.52. The topological polar surface area (TPSA) is 78.2 Å². The van der Waals surface area contributed by atoms with E-state index in [0.29, 0.717) is 17.4 Å². The van der Waals surface area contributed by atoms with E-state index in [2.05, 4.69) is 15.1 Å². The largest absolute Gasteiger partial charge is 0.399 e. The zero-order valence-electron chi connectivity index (χ0n) is 11.9. The maximum absolute atomic E-state index is 12.8. The number of amides is 1. The second-order valence-electron chi connectivity index (χ2n) is 5.96. The molecule has 2 aliphatic rings. The number of nitrogen functional groups attached to an aromatic ring is 1. The molecule has 2 fully saturated rings. The van der Waals surface area contributed by atoms with E-state index < -0.39 is 0 Å². The average Bonchev–Trinajstić information content (AvgIpc) is 3.11. The molecule has 1 aromatic carbocycles. The Labute approximate surface area is 122 Å². The number of rotatable bonds is 1. The second-order valence-corrected chi connectivity index (χ2v) is 5.96. The fraction of sp³-hybridized carbons (Fsp3) is 0.467. The molecule has 0 saturated carbocycles. The molecule has 0 bridgehead atoms. The average molecular weight is 285 g/mol. The van der Waals surface area contributed by atoms with Gasteiger partial charge in [-0.25, -0.2) is 0 Å². The number of hydrogen-bond donors (Lipinski definition) is 2. The first-order valence-electron chi connectivity index (χ1n) is 7.49. The third kappa shape index (κ3) is 2.06. The molecule has 3 heterocycles. The minimum Gasteiger partial charge on any atom is -0.399 e. The number of nitrogens with one attached hydrogen (secondary N) is 1. The Balaban J connectivity index is 1.62. The molecule has 0 radical (unpaired) electrons. The van der Waals surface area contributed by atoms with Gasteiger partial charge in [0.2, 0.25) is 0 Å². The van der Waals surface area contributed by atoms with Crippen LogP contribution in [-0.4, -0.2) is 58.1 Å². The van der Waals surface area contributed by atoms with Crippen molar-refractivity contribution in [2.45, 2.75) is 18.9 Å². The number of carbonyl (C=O) groups is 1. The van der Waals surface area contributed by atoms with Gasteiger partial charge in [-0.2, -0.15) is 5.10 Å². The Morgan fingerprint density at radius 3 is 3.14 bits per heavy atom. The van der Waals surface area contributed by atoms with E-state index in [1.807, 2.05) is 23.1 Å². The number of hydrogen-bond acceptors (Lipinski definition) is 4. The molecule has 2 aliphatic heterocycles. The molecular weight excluding hydrogens is 266 g/mol. The number of nitrogens with two attached hydrogens (primary N) is 1. The molecule has 2 saturated heterocycles. The van der Waals surface area contributed by atoms with Gasteiger partial charge in [0.1, 0.15) is 0 Å². The summed E-state index contributed by atoms with van der Waals surface area (Å²) in [6, 6.07) is 6.02. The third-order valence-corrected chi connectivity index (χ3v) is 4.66. The van der Waals surface area contributed by atoms with Crippen molar-refractivity contribution in [2.75, 3.05) is 31.9 Å². The zero-order valence-corrected chi connectivity index (χ0v) is 11.9.